The summed E-state index contributed by atoms with van der Waals surface area (Å²) in [6.45, 7) is 4.51. The normalized spacial score (nSPS) is 10.8. The highest BCUT2D eigenvalue weighted by molar-refractivity contribution is 7.15. The van der Waals surface area contributed by atoms with Crippen LogP contribution in [0.4, 0.5) is 5.13 Å². The van der Waals surface area contributed by atoms with E-state index in [1.807, 2.05) is 38.1 Å². The second-order valence-electron chi connectivity index (χ2n) is 4.15. The van der Waals surface area contributed by atoms with Crippen molar-refractivity contribution in [2.45, 2.75) is 20.3 Å². The third-order valence-electron chi connectivity index (χ3n) is 2.63. The highest BCUT2D eigenvalue weighted by atomic mass is 32.1. The van der Waals surface area contributed by atoms with E-state index < -0.39 is 0 Å². The zero-order chi connectivity index (χ0) is 15.1. The van der Waals surface area contributed by atoms with E-state index in [9.17, 15) is 4.79 Å². The van der Waals surface area contributed by atoms with Gasteiger partial charge in [0.05, 0.1) is 6.61 Å². The largest absolute Gasteiger partial charge is 0.493 e. The Morgan fingerprint density at radius 3 is 2.86 bits per heavy atom. The van der Waals surface area contributed by atoms with E-state index in [0.717, 1.165) is 22.7 Å². The van der Waals surface area contributed by atoms with Crippen molar-refractivity contribution in [3.05, 3.63) is 40.9 Å². The maximum absolute atomic E-state index is 11.9. The molecule has 0 aliphatic heterocycles. The molecule has 2 rings (SSSR count). The molecule has 2 aromatic rings. The third kappa shape index (κ3) is 4.39. The van der Waals surface area contributed by atoms with Crippen LogP contribution in [-0.4, -0.2) is 22.7 Å². The van der Waals surface area contributed by atoms with Gasteiger partial charge in [0.15, 0.2) is 0 Å². The quantitative estimate of drug-likeness (QED) is 0.833. The number of carbonyl (C=O) groups is 1. The molecule has 0 atom stereocenters. The molecular formula is C15H17N3O2S. The molecule has 1 aromatic heterocycles. The molecule has 5 nitrogen and oxygen atoms in total. The van der Waals surface area contributed by atoms with Crippen molar-refractivity contribution in [1.29, 1.82) is 0 Å². The number of hydrogen-bond donors (Lipinski definition) is 1. The second-order valence-corrected chi connectivity index (χ2v) is 5.21. The first-order valence-electron chi connectivity index (χ1n) is 6.76. The van der Waals surface area contributed by atoms with Crippen LogP contribution in [0, 0.1) is 0 Å². The van der Waals surface area contributed by atoms with Crippen LogP contribution >= 0.6 is 11.3 Å². The van der Waals surface area contributed by atoms with Crippen LogP contribution in [0.5, 0.6) is 5.75 Å². The van der Waals surface area contributed by atoms with Crippen molar-refractivity contribution < 1.29 is 9.53 Å². The molecule has 6 heteroatoms. The molecule has 110 valence electrons. The summed E-state index contributed by atoms with van der Waals surface area (Å²) in [5.74, 6) is 0.522. The van der Waals surface area contributed by atoms with Gasteiger partial charge < -0.3 is 4.74 Å². The molecule has 0 unspecified atom stereocenters. The summed E-state index contributed by atoms with van der Waals surface area (Å²) in [5.41, 5.74) is 0.862. The minimum Gasteiger partial charge on any atom is -0.493 e. The molecule has 0 aliphatic carbocycles. The number of hydrogen-bond acceptors (Lipinski definition) is 5. The Morgan fingerprint density at radius 2 is 2.14 bits per heavy atom. The van der Waals surface area contributed by atoms with Crippen LogP contribution in [0.1, 0.15) is 24.4 Å². The lowest BCUT2D eigenvalue weighted by molar-refractivity contribution is -0.111. The Balaban J connectivity index is 2.01. The van der Waals surface area contributed by atoms with Crippen LogP contribution in [0.25, 0.3) is 6.08 Å². The number of amides is 1. The van der Waals surface area contributed by atoms with Gasteiger partial charge in [-0.05, 0) is 25.5 Å². The summed E-state index contributed by atoms with van der Waals surface area (Å²) in [7, 11) is 0. The lowest BCUT2D eigenvalue weighted by Gasteiger charge is -2.05. The average Bonchev–Trinajstić information content (AvgIpc) is 2.94. The molecule has 0 aliphatic rings. The second kappa shape index (κ2) is 7.54. The summed E-state index contributed by atoms with van der Waals surface area (Å²) < 4.78 is 5.50. The number of aryl methyl sites for hydroxylation is 1. The Morgan fingerprint density at radius 1 is 1.33 bits per heavy atom. The Bertz CT molecular complexity index is 637. The van der Waals surface area contributed by atoms with E-state index >= 15 is 0 Å². The van der Waals surface area contributed by atoms with Crippen molar-refractivity contribution in [3.63, 3.8) is 0 Å². The van der Waals surface area contributed by atoms with Gasteiger partial charge in [-0.25, -0.2) is 0 Å². The van der Waals surface area contributed by atoms with Crippen LogP contribution in [0.3, 0.4) is 0 Å². The van der Waals surface area contributed by atoms with E-state index in [1.165, 1.54) is 17.4 Å². The highest BCUT2D eigenvalue weighted by Gasteiger charge is 2.05. The summed E-state index contributed by atoms with van der Waals surface area (Å²) in [4.78, 5) is 11.9. The van der Waals surface area contributed by atoms with Gasteiger partial charge in [-0.3, -0.25) is 10.1 Å². The van der Waals surface area contributed by atoms with Crippen molar-refractivity contribution in [1.82, 2.24) is 10.2 Å². The average molecular weight is 303 g/mol. The van der Waals surface area contributed by atoms with Gasteiger partial charge in [0.1, 0.15) is 10.8 Å². The van der Waals surface area contributed by atoms with Crippen molar-refractivity contribution in [3.8, 4) is 5.75 Å². The summed E-state index contributed by atoms with van der Waals surface area (Å²) >= 11 is 1.38. The highest BCUT2D eigenvalue weighted by Crippen LogP contribution is 2.20. The van der Waals surface area contributed by atoms with Gasteiger partial charge >= 0.3 is 0 Å². The van der Waals surface area contributed by atoms with E-state index in [1.54, 1.807) is 6.08 Å². The number of carbonyl (C=O) groups excluding carboxylic acids is 1. The Labute approximate surface area is 127 Å². The number of aromatic nitrogens is 2. The Kier molecular flexibility index (Phi) is 5.45. The molecule has 0 bridgehead atoms. The predicted molar refractivity (Wildman–Crippen MR) is 84.6 cm³/mol. The van der Waals surface area contributed by atoms with Crippen LogP contribution in [0.2, 0.25) is 0 Å². The Hall–Kier alpha value is -2.21. The number of nitrogens with zero attached hydrogens (tertiary/aromatic N) is 2. The van der Waals surface area contributed by atoms with Gasteiger partial charge in [-0.15, -0.1) is 10.2 Å². The first-order chi connectivity index (χ1) is 10.2. The van der Waals surface area contributed by atoms with Crippen molar-refractivity contribution in [2.75, 3.05) is 11.9 Å². The summed E-state index contributed by atoms with van der Waals surface area (Å²) in [6.07, 6.45) is 4.00. The molecule has 0 saturated heterocycles. The molecule has 0 spiro atoms. The van der Waals surface area contributed by atoms with E-state index in [4.69, 9.17) is 4.74 Å². The molecule has 1 N–H and O–H groups in total. The minimum atomic E-state index is -0.236. The molecule has 21 heavy (non-hydrogen) atoms. The SMILES string of the molecule is CCOc1ccccc1/C=C/C(=O)Nc1nnc(CC)s1. The minimum absolute atomic E-state index is 0.236. The predicted octanol–water partition coefficient (Wildman–Crippen LogP) is 3.15. The maximum Gasteiger partial charge on any atom is 0.250 e. The monoisotopic (exact) mass is 303 g/mol. The fraction of sp³-hybridized carbons (Fsp3) is 0.267. The number of para-hydroxylation sites is 1. The first-order valence-corrected chi connectivity index (χ1v) is 7.57. The number of ether oxygens (including phenoxy) is 1. The smallest absolute Gasteiger partial charge is 0.250 e. The van der Waals surface area contributed by atoms with Gasteiger partial charge in [0.2, 0.25) is 11.0 Å². The zero-order valence-electron chi connectivity index (χ0n) is 12.0. The van der Waals surface area contributed by atoms with Crippen molar-refractivity contribution >= 4 is 28.5 Å². The van der Waals surface area contributed by atoms with E-state index in [2.05, 4.69) is 15.5 Å². The van der Waals surface area contributed by atoms with Crippen LogP contribution < -0.4 is 10.1 Å². The van der Waals surface area contributed by atoms with Crippen LogP contribution in [-0.2, 0) is 11.2 Å². The summed E-state index contributed by atoms with van der Waals surface area (Å²) in [5, 5.41) is 12.0. The van der Waals surface area contributed by atoms with E-state index in [0.29, 0.717) is 11.7 Å². The fourth-order valence-corrected chi connectivity index (χ4v) is 2.35. The number of rotatable bonds is 6. The number of benzene rings is 1. The molecule has 0 radical (unpaired) electrons. The van der Waals surface area contributed by atoms with Gasteiger partial charge in [0, 0.05) is 11.6 Å². The van der Waals surface area contributed by atoms with Gasteiger partial charge in [-0.2, -0.15) is 0 Å². The topological polar surface area (TPSA) is 64.1 Å². The lowest BCUT2D eigenvalue weighted by atomic mass is 10.2. The van der Waals surface area contributed by atoms with Gasteiger partial charge in [0.25, 0.3) is 0 Å². The third-order valence-corrected chi connectivity index (χ3v) is 3.62. The number of nitrogens with one attached hydrogen (secondary N) is 1. The molecular weight excluding hydrogens is 286 g/mol. The molecule has 0 saturated carbocycles. The first kappa shape index (κ1) is 15.2. The number of anilines is 1. The summed E-state index contributed by atoms with van der Waals surface area (Å²) in [6, 6.07) is 7.57. The zero-order valence-corrected chi connectivity index (χ0v) is 12.8. The molecule has 0 fully saturated rings. The molecule has 1 aromatic carbocycles. The molecule has 1 amide bonds. The lowest BCUT2D eigenvalue weighted by Crippen LogP contribution is -2.07. The fourth-order valence-electron chi connectivity index (χ4n) is 1.66. The van der Waals surface area contributed by atoms with Gasteiger partial charge in [-0.1, -0.05) is 36.5 Å². The van der Waals surface area contributed by atoms with Crippen molar-refractivity contribution in [2.24, 2.45) is 0 Å². The molecule has 1 heterocycles. The van der Waals surface area contributed by atoms with Crippen LogP contribution in [0.15, 0.2) is 30.3 Å². The standard InChI is InChI=1S/C15H17N3O2S/c1-3-14-17-18-15(21-14)16-13(19)10-9-11-7-5-6-8-12(11)20-4-2/h5-10H,3-4H2,1-2H3,(H,16,18,19)/b10-9+. The maximum atomic E-state index is 11.9. The van der Waals surface area contributed by atoms with E-state index in [-0.39, 0.29) is 5.91 Å².